The van der Waals surface area contributed by atoms with Crippen LogP contribution in [0.2, 0.25) is 0 Å². The zero-order valence-corrected chi connectivity index (χ0v) is 11.5. The van der Waals surface area contributed by atoms with Crippen molar-refractivity contribution in [2.75, 3.05) is 19.6 Å². The van der Waals surface area contributed by atoms with Crippen LogP contribution in [0.3, 0.4) is 0 Å². The highest BCUT2D eigenvalue weighted by atomic mass is 16.2. The molecule has 0 aliphatic heterocycles. The van der Waals surface area contributed by atoms with Gasteiger partial charge < -0.3 is 10.6 Å². The summed E-state index contributed by atoms with van der Waals surface area (Å²) in [6.07, 6.45) is 7.25. The van der Waals surface area contributed by atoms with Crippen LogP contribution in [0.5, 0.6) is 0 Å². The van der Waals surface area contributed by atoms with Crippen molar-refractivity contribution in [3.63, 3.8) is 0 Å². The second-order valence-electron chi connectivity index (χ2n) is 6.73. The van der Waals surface area contributed by atoms with Crippen LogP contribution < -0.4 is 5.73 Å². The molecule has 0 atom stereocenters. The van der Waals surface area contributed by atoms with Gasteiger partial charge >= 0.3 is 0 Å². The van der Waals surface area contributed by atoms with Gasteiger partial charge in [0.05, 0.1) is 6.54 Å². The second kappa shape index (κ2) is 4.84. The van der Waals surface area contributed by atoms with E-state index in [2.05, 4.69) is 6.92 Å². The molecule has 0 saturated heterocycles. The summed E-state index contributed by atoms with van der Waals surface area (Å²) in [5, 5.41) is 0. The van der Waals surface area contributed by atoms with Gasteiger partial charge in [-0.25, -0.2) is 0 Å². The van der Waals surface area contributed by atoms with Gasteiger partial charge in [-0.1, -0.05) is 0 Å². The maximum absolute atomic E-state index is 11.8. The summed E-state index contributed by atoms with van der Waals surface area (Å²) in [6, 6.07) is 0. The monoisotopic (exact) mass is 250 g/mol. The van der Waals surface area contributed by atoms with Crippen molar-refractivity contribution in [1.29, 1.82) is 0 Å². The minimum absolute atomic E-state index is 0.131. The predicted molar refractivity (Wildman–Crippen MR) is 71.8 cm³/mol. The van der Waals surface area contributed by atoms with Crippen LogP contribution in [0.25, 0.3) is 0 Å². The van der Waals surface area contributed by atoms with Crippen molar-refractivity contribution in [1.82, 2.24) is 4.90 Å². The van der Waals surface area contributed by atoms with Gasteiger partial charge in [0.25, 0.3) is 0 Å². The van der Waals surface area contributed by atoms with E-state index in [0.717, 1.165) is 42.7 Å². The lowest BCUT2D eigenvalue weighted by Crippen LogP contribution is -2.50. The average molecular weight is 250 g/mol. The summed E-state index contributed by atoms with van der Waals surface area (Å²) < 4.78 is 0. The van der Waals surface area contributed by atoms with Gasteiger partial charge in [-0.15, -0.1) is 0 Å². The molecule has 0 spiro atoms. The van der Waals surface area contributed by atoms with Crippen molar-refractivity contribution < 1.29 is 4.79 Å². The first-order valence-corrected chi connectivity index (χ1v) is 7.69. The number of nitrogens with zero attached hydrogens (tertiary/aromatic N) is 1. The Morgan fingerprint density at radius 2 is 1.67 bits per heavy atom. The molecule has 3 nitrogen and oxygen atoms in total. The third kappa shape index (κ3) is 2.07. The Kier molecular flexibility index (Phi) is 3.35. The van der Waals surface area contributed by atoms with Crippen LogP contribution in [-0.2, 0) is 4.79 Å². The number of nitrogens with two attached hydrogens (primary N) is 1. The van der Waals surface area contributed by atoms with E-state index in [4.69, 9.17) is 5.73 Å². The SMILES string of the molecule is CCN(CC1C2CC3CC(C2)CC1C3)C(=O)CN. The Morgan fingerprint density at radius 1 is 1.11 bits per heavy atom. The standard InChI is InChI=1S/C15H26N2O/c1-2-17(15(18)8-16)9-14-12-4-10-3-11(6-12)7-13(14)5-10/h10-14H,2-9,16H2,1H3. The van der Waals surface area contributed by atoms with Crippen molar-refractivity contribution in [3.05, 3.63) is 0 Å². The smallest absolute Gasteiger partial charge is 0.236 e. The fraction of sp³-hybridized carbons (Fsp3) is 0.933. The first-order chi connectivity index (χ1) is 8.71. The van der Waals surface area contributed by atoms with Gasteiger partial charge in [0, 0.05) is 13.1 Å². The van der Waals surface area contributed by atoms with E-state index in [1.165, 1.54) is 32.1 Å². The summed E-state index contributed by atoms with van der Waals surface area (Å²) in [5.41, 5.74) is 5.51. The molecule has 4 saturated carbocycles. The molecule has 0 aromatic heterocycles. The molecule has 0 radical (unpaired) electrons. The lowest BCUT2D eigenvalue weighted by Gasteiger charge is -2.55. The Balaban J connectivity index is 1.67. The van der Waals surface area contributed by atoms with Crippen molar-refractivity contribution in [2.24, 2.45) is 35.3 Å². The molecule has 4 aliphatic rings. The summed E-state index contributed by atoms with van der Waals surface area (Å²) in [7, 11) is 0. The molecule has 4 fully saturated rings. The van der Waals surface area contributed by atoms with Gasteiger partial charge in [0.2, 0.25) is 5.91 Å². The molecular formula is C15H26N2O. The molecule has 3 heteroatoms. The van der Waals surface area contributed by atoms with E-state index in [0.29, 0.717) is 0 Å². The van der Waals surface area contributed by atoms with Gasteiger partial charge in [0.1, 0.15) is 0 Å². The molecular weight excluding hydrogens is 224 g/mol. The van der Waals surface area contributed by atoms with E-state index < -0.39 is 0 Å². The van der Waals surface area contributed by atoms with Crippen LogP contribution in [0.1, 0.15) is 39.0 Å². The number of hydrogen-bond donors (Lipinski definition) is 1. The zero-order chi connectivity index (χ0) is 12.7. The number of carbonyl (C=O) groups excluding carboxylic acids is 1. The number of amides is 1. The summed E-state index contributed by atoms with van der Waals surface area (Å²) in [4.78, 5) is 13.8. The molecule has 0 aromatic rings. The topological polar surface area (TPSA) is 46.3 Å². The zero-order valence-electron chi connectivity index (χ0n) is 11.5. The quantitative estimate of drug-likeness (QED) is 0.828. The van der Waals surface area contributed by atoms with E-state index in [1.807, 2.05) is 4.90 Å². The van der Waals surface area contributed by atoms with E-state index in [1.54, 1.807) is 0 Å². The van der Waals surface area contributed by atoms with Gasteiger partial charge in [-0.3, -0.25) is 4.79 Å². The van der Waals surface area contributed by atoms with Crippen LogP contribution in [0, 0.1) is 29.6 Å². The molecule has 0 aromatic carbocycles. The molecule has 18 heavy (non-hydrogen) atoms. The van der Waals surface area contributed by atoms with Gasteiger partial charge in [-0.2, -0.15) is 0 Å². The van der Waals surface area contributed by atoms with Crippen molar-refractivity contribution in [3.8, 4) is 0 Å². The molecule has 2 N–H and O–H groups in total. The van der Waals surface area contributed by atoms with E-state index in [9.17, 15) is 4.79 Å². The minimum atomic E-state index is 0.131. The predicted octanol–water partition coefficient (Wildman–Crippen LogP) is 1.87. The molecule has 4 rings (SSSR count). The van der Waals surface area contributed by atoms with Gasteiger partial charge in [0.15, 0.2) is 0 Å². The fourth-order valence-electron chi connectivity index (χ4n) is 5.13. The summed E-state index contributed by atoms with van der Waals surface area (Å²) in [6.45, 7) is 4.03. The van der Waals surface area contributed by atoms with Crippen LogP contribution in [0.4, 0.5) is 0 Å². The Morgan fingerprint density at radius 3 is 2.11 bits per heavy atom. The fourth-order valence-corrected chi connectivity index (χ4v) is 5.13. The van der Waals surface area contributed by atoms with E-state index >= 15 is 0 Å². The maximum Gasteiger partial charge on any atom is 0.236 e. The Labute approximate surface area is 110 Å². The highest BCUT2D eigenvalue weighted by Gasteiger charge is 2.48. The highest BCUT2D eigenvalue weighted by molar-refractivity contribution is 5.77. The third-order valence-corrected chi connectivity index (χ3v) is 5.76. The maximum atomic E-state index is 11.8. The third-order valence-electron chi connectivity index (χ3n) is 5.76. The summed E-state index contributed by atoms with van der Waals surface area (Å²) >= 11 is 0. The van der Waals surface area contributed by atoms with Crippen molar-refractivity contribution in [2.45, 2.75) is 39.0 Å². The number of likely N-dealkylation sites (N-methyl/N-ethyl adjacent to an activating group) is 1. The minimum Gasteiger partial charge on any atom is -0.342 e. The Bertz CT molecular complexity index is 300. The highest BCUT2D eigenvalue weighted by Crippen LogP contribution is 2.56. The largest absolute Gasteiger partial charge is 0.342 e. The van der Waals surface area contributed by atoms with Crippen molar-refractivity contribution >= 4 is 5.91 Å². The number of carbonyl (C=O) groups is 1. The number of hydrogen-bond acceptors (Lipinski definition) is 2. The number of rotatable bonds is 4. The Hall–Kier alpha value is -0.570. The first kappa shape index (κ1) is 12.5. The molecule has 1 amide bonds. The van der Waals surface area contributed by atoms with Gasteiger partial charge in [-0.05, 0) is 68.6 Å². The molecule has 4 bridgehead atoms. The normalized spacial score (nSPS) is 41.1. The molecule has 102 valence electrons. The molecule has 4 aliphatic carbocycles. The van der Waals surface area contributed by atoms with Crippen LogP contribution >= 0.6 is 0 Å². The molecule has 0 heterocycles. The average Bonchev–Trinajstić information content (AvgIpc) is 2.36. The van der Waals surface area contributed by atoms with Crippen LogP contribution in [0.15, 0.2) is 0 Å². The lowest BCUT2D eigenvalue weighted by molar-refractivity contribution is -0.132. The first-order valence-electron chi connectivity index (χ1n) is 7.69. The lowest BCUT2D eigenvalue weighted by atomic mass is 9.52. The van der Waals surface area contributed by atoms with E-state index in [-0.39, 0.29) is 12.5 Å². The summed E-state index contributed by atoms with van der Waals surface area (Å²) in [5.74, 6) is 4.74. The molecule has 0 unspecified atom stereocenters. The second-order valence-corrected chi connectivity index (χ2v) is 6.73. The van der Waals surface area contributed by atoms with Crippen LogP contribution in [-0.4, -0.2) is 30.4 Å².